The number of rotatable bonds is 5. The van der Waals surface area contributed by atoms with E-state index < -0.39 is 0 Å². The minimum absolute atomic E-state index is 0.271. The van der Waals surface area contributed by atoms with E-state index in [0.29, 0.717) is 6.04 Å². The first kappa shape index (κ1) is 19.9. The molecule has 5 rings (SSSR count). The van der Waals surface area contributed by atoms with Crippen LogP contribution in [-0.2, 0) is 6.54 Å². The van der Waals surface area contributed by atoms with E-state index in [0.717, 1.165) is 38.2 Å². The van der Waals surface area contributed by atoms with Crippen LogP contribution in [0, 0.1) is 0 Å². The fourth-order valence-corrected chi connectivity index (χ4v) is 6.05. The number of nitrogens with zero attached hydrogens (tertiary/aromatic N) is 4. The Hall–Kier alpha value is -2.07. The van der Waals surface area contributed by atoms with Gasteiger partial charge in [0.2, 0.25) is 0 Å². The summed E-state index contributed by atoms with van der Waals surface area (Å²) in [5.74, 6) is 0. The summed E-state index contributed by atoms with van der Waals surface area (Å²) in [7, 11) is 0. The molecule has 0 saturated carbocycles. The number of benzene rings is 2. The van der Waals surface area contributed by atoms with Crippen LogP contribution < -0.4 is 15.5 Å². The molecule has 2 N–H and O–H groups in total. The zero-order chi connectivity index (χ0) is 20.5. The van der Waals surface area contributed by atoms with Gasteiger partial charge < -0.3 is 0 Å². The number of nitrogens with two attached hydrogens (primary N) is 1. The van der Waals surface area contributed by atoms with Gasteiger partial charge in [0.1, 0.15) is 0 Å². The van der Waals surface area contributed by atoms with Crippen molar-refractivity contribution in [3.8, 4) is 0 Å². The molecule has 2 aromatic carbocycles. The molecule has 1 fully saturated rings. The number of para-hydroxylation sites is 3. The number of pyridine rings is 1. The molecule has 2 aliphatic rings. The summed E-state index contributed by atoms with van der Waals surface area (Å²) in [5.41, 5.74) is 10.8. The topological polar surface area (TPSA) is 48.6 Å². The van der Waals surface area contributed by atoms with Crippen LogP contribution in [-0.4, -0.2) is 63.9 Å². The van der Waals surface area contributed by atoms with Crippen LogP contribution in [0.15, 0.2) is 60.8 Å². The van der Waals surface area contributed by atoms with E-state index in [4.69, 9.17) is 5.73 Å². The van der Waals surface area contributed by atoms with Gasteiger partial charge in [-0.25, -0.2) is 0 Å². The number of anilines is 2. The van der Waals surface area contributed by atoms with Gasteiger partial charge in [0.25, 0.3) is 0 Å². The molecule has 5 nitrogen and oxygen atoms in total. The van der Waals surface area contributed by atoms with Crippen LogP contribution in [0.2, 0.25) is 0 Å². The van der Waals surface area contributed by atoms with Crippen LogP contribution in [0.4, 0.5) is 11.4 Å². The predicted molar refractivity (Wildman–Crippen MR) is 125 cm³/mol. The molecule has 0 spiro atoms. The van der Waals surface area contributed by atoms with Crippen LogP contribution in [0.25, 0.3) is 10.9 Å². The zero-order valence-corrected chi connectivity index (χ0v) is 19.1. The SMILES string of the molecule is NCCN1CCC(N2c3ccccc3N(Cc3ccnc4ccccc34)C2[As])CC1. The monoisotopic (exact) mass is 461 g/mol. The summed E-state index contributed by atoms with van der Waals surface area (Å²) >= 11 is 2.92. The maximum atomic E-state index is 5.77. The van der Waals surface area contributed by atoms with Gasteiger partial charge >= 0.3 is 187 Å². The molecule has 30 heavy (non-hydrogen) atoms. The fraction of sp³-hybridized carbons (Fsp3) is 0.375. The molecule has 0 amide bonds. The first-order valence-corrected chi connectivity index (χ1v) is 11.9. The van der Waals surface area contributed by atoms with Crippen molar-refractivity contribution in [2.45, 2.75) is 30.4 Å². The fourth-order valence-electron chi connectivity index (χ4n) is 4.96. The summed E-state index contributed by atoms with van der Waals surface area (Å²) in [6, 6.07) is 20.0. The molecule has 1 atom stereocenters. The van der Waals surface area contributed by atoms with Crippen LogP contribution >= 0.6 is 0 Å². The molecule has 0 bridgehead atoms. The van der Waals surface area contributed by atoms with Crippen LogP contribution in [0.1, 0.15) is 18.4 Å². The molecule has 1 aromatic heterocycles. The van der Waals surface area contributed by atoms with Crippen molar-refractivity contribution in [1.82, 2.24) is 9.88 Å². The third kappa shape index (κ3) is 3.60. The van der Waals surface area contributed by atoms with E-state index in [9.17, 15) is 0 Å². The summed E-state index contributed by atoms with van der Waals surface area (Å²) in [6.07, 6.45) is 4.31. The number of piperidine rings is 1. The van der Waals surface area contributed by atoms with Gasteiger partial charge in [-0.15, -0.1) is 0 Å². The molecule has 6 heteroatoms. The summed E-state index contributed by atoms with van der Waals surface area (Å²) < 4.78 is 0. The number of fused-ring (bicyclic) bond motifs is 2. The Balaban J connectivity index is 1.43. The van der Waals surface area contributed by atoms with E-state index in [1.54, 1.807) is 0 Å². The van der Waals surface area contributed by atoms with E-state index >= 15 is 0 Å². The van der Waals surface area contributed by atoms with Crippen molar-refractivity contribution in [3.05, 3.63) is 66.4 Å². The van der Waals surface area contributed by atoms with Crippen molar-refractivity contribution < 1.29 is 0 Å². The molecule has 1 saturated heterocycles. The first-order chi connectivity index (χ1) is 14.8. The number of likely N-dealkylation sites (tertiary alicyclic amines) is 1. The Morgan fingerprint density at radius 1 is 0.967 bits per heavy atom. The second-order valence-corrected chi connectivity index (χ2v) is 9.19. The maximum absolute atomic E-state index is 5.77. The normalized spacial score (nSPS) is 20.1. The zero-order valence-electron chi connectivity index (χ0n) is 17.2. The van der Waals surface area contributed by atoms with Crippen molar-refractivity contribution in [1.29, 1.82) is 0 Å². The van der Waals surface area contributed by atoms with Crippen molar-refractivity contribution in [3.63, 3.8) is 0 Å². The Morgan fingerprint density at radius 2 is 1.70 bits per heavy atom. The van der Waals surface area contributed by atoms with Gasteiger partial charge in [-0.3, -0.25) is 0 Å². The third-order valence-corrected chi connectivity index (χ3v) is 7.58. The van der Waals surface area contributed by atoms with Gasteiger partial charge in [-0.05, 0) is 0 Å². The quantitative estimate of drug-likeness (QED) is 0.593. The van der Waals surface area contributed by atoms with Crippen molar-refractivity contribution in [2.75, 3.05) is 36.0 Å². The second kappa shape index (κ2) is 8.58. The molecule has 3 aromatic rings. The molecule has 1 unspecified atom stereocenters. The van der Waals surface area contributed by atoms with E-state index in [-0.39, 0.29) is 4.95 Å². The number of aromatic nitrogens is 1. The number of hydrogen-bond acceptors (Lipinski definition) is 5. The molecular formula is C24H28AsN5. The molecule has 2 radical (unpaired) electrons. The summed E-state index contributed by atoms with van der Waals surface area (Å²) in [6.45, 7) is 4.90. The Morgan fingerprint density at radius 3 is 2.50 bits per heavy atom. The van der Waals surface area contributed by atoms with Crippen LogP contribution in [0.5, 0.6) is 0 Å². The van der Waals surface area contributed by atoms with Crippen molar-refractivity contribution >= 4 is 39.1 Å². The van der Waals surface area contributed by atoms with Gasteiger partial charge in [0, 0.05) is 0 Å². The first-order valence-electron chi connectivity index (χ1n) is 10.8. The molecular weight excluding hydrogens is 433 g/mol. The molecule has 0 aliphatic carbocycles. The van der Waals surface area contributed by atoms with E-state index in [1.165, 1.54) is 35.2 Å². The Bertz CT molecular complexity index is 1010. The summed E-state index contributed by atoms with van der Waals surface area (Å²) in [5, 5.41) is 1.24. The average Bonchev–Trinajstić information content (AvgIpc) is 3.06. The van der Waals surface area contributed by atoms with Gasteiger partial charge in [0.05, 0.1) is 0 Å². The number of hydrogen-bond donors (Lipinski definition) is 1. The van der Waals surface area contributed by atoms with Gasteiger partial charge in [-0.2, -0.15) is 0 Å². The third-order valence-electron chi connectivity index (χ3n) is 6.47. The summed E-state index contributed by atoms with van der Waals surface area (Å²) in [4.78, 5) is 12.5. The van der Waals surface area contributed by atoms with Crippen LogP contribution in [0.3, 0.4) is 0 Å². The van der Waals surface area contributed by atoms with Gasteiger partial charge in [-0.1, -0.05) is 0 Å². The standard InChI is InChI=1S/C24H28AsN5/c25-24-29(17-18-9-13-27-21-6-2-1-5-20(18)21)22-7-3-4-8-23(22)30(24)19-10-14-28(15-11-19)16-12-26/h1-9,13,19,24H,10-12,14-17,26H2. The molecule has 3 heterocycles. The van der Waals surface area contributed by atoms with E-state index in [2.05, 4.69) is 91.1 Å². The predicted octanol–water partition coefficient (Wildman–Crippen LogP) is 2.94. The molecule has 2 aliphatic heterocycles. The Kier molecular flexibility index (Phi) is 5.68. The van der Waals surface area contributed by atoms with Crippen molar-refractivity contribution in [2.24, 2.45) is 5.73 Å². The Labute approximate surface area is 187 Å². The minimum atomic E-state index is 0.271. The van der Waals surface area contributed by atoms with E-state index in [1.807, 2.05) is 6.20 Å². The van der Waals surface area contributed by atoms with Gasteiger partial charge in [0.15, 0.2) is 0 Å². The second-order valence-electron chi connectivity index (χ2n) is 8.22. The molecule has 154 valence electrons. The average molecular weight is 461 g/mol.